The molecule has 0 aromatic carbocycles. The number of rotatable bonds is 5. The van der Waals surface area contributed by atoms with E-state index >= 15 is 0 Å². The van der Waals surface area contributed by atoms with Gasteiger partial charge in [0.25, 0.3) is 0 Å². The van der Waals surface area contributed by atoms with Crippen molar-refractivity contribution < 1.29 is 9.53 Å². The Morgan fingerprint density at radius 3 is 2.52 bits per heavy atom. The van der Waals surface area contributed by atoms with E-state index in [0.717, 1.165) is 67.0 Å². The van der Waals surface area contributed by atoms with Crippen LogP contribution in [0.15, 0.2) is 43.1 Å². The number of aromatic nitrogens is 4. The molecule has 5 heterocycles. The molecule has 0 radical (unpaired) electrons. The lowest BCUT2D eigenvalue weighted by Crippen LogP contribution is -2.52. The predicted molar refractivity (Wildman–Crippen MR) is 108 cm³/mol. The van der Waals surface area contributed by atoms with Crippen LogP contribution in [0.4, 0.5) is 0 Å². The van der Waals surface area contributed by atoms with Crippen LogP contribution in [0.2, 0.25) is 0 Å². The first-order valence-electron chi connectivity index (χ1n) is 10.1. The number of hydrogen-bond acceptors (Lipinski definition) is 7. The Labute approximate surface area is 169 Å². The largest absolute Gasteiger partial charge is 0.378 e. The number of Topliss-reactive ketones (excluding diaryl/α,β-unsaturated/α-hetero) is 1. The van der Waals surface area contributed by atoms with Gasteiger partial charge in [0.1, 0.15) is 11.5 Å². The summed E-state index contributed by atoms with van der Waals surface area (Å²) in [6.07, 6.45) is 10.8. The summed E-state index contributed by atoms with van der Waals surface area (Å²) < 4.78 is 5.28. The lowest BCUT2D eigenvalue weighted by atomic mass is 9.89. The minimum absolute atomic E-state index is 0.136. The molecule has 0 bridgehead atoms. The third kappa shape index (κ3) is 3.88. The van der Waals surface area contributed by atoms with E-state index in [1.807, 2.05) is 12.1 Å². The first-order valence-corrected chi connectivity index (χ1v) is 10.1. The number of pyridine rings is 2. The summed E-state index contributed by atoms with van der Waals surface area (Å²) in [5.41, 5.74) is 2.31. The van der Waals surface area contributed by atoms with E-state index in [-0.39, 0.29) is 5.92 Å². The normalized spacial score (nSPS) is 18.6. The van der Waals surface area contributed by atoms with Gasteiger partial charge in [-0.25, -0.2) is 0 Å². The second kappa shape index (κ2) is 7.93. The zero-order valence-electron chi connectivity index (χ0n) is 16.2. The van der Waals surface area contributed by atoms with Crippen molar-refractivity contribution in [2.24, 2.45) is 5.92 Å². The minimum atomic E-state index is 0.136. The van der Waals surface area contributed by atoms with Crippen molar-refractivity contribution in [3.8, 4) is 11.4 Å². The van der Waals surface area contributed by atoms with Gasteiger partial charge in [-0.15, -0.1) is 0 Å². The van der Waals surface area contributed by atoms with Crippen LogP contribution in [0.25, 0.3) is 22.2 Å². The molecule has 0 amide bonds. The Morgan fingerprint density at radius 1 is 0.966 bits per heavy atom. The lowest BCUT2D eigenvalue weighted by Gasteiger charge is -2.41. The molecular weight excluding hydrogens is 366 g/mol. The maximum atomic E-state index is 12.8. The Morgan fingerprint density at radius 2 is 1.79 bits per heavy atom. The topological polar surface area (TPSA) is 81.1 Å². The molecule has 148 valence electrons. The molecule has 2 aliphatic rings. The van der Waals surface area contributed by atoms with E-state index in [1.54, 1.807) is 31.0 Å². The van der Waals surface area contributed by atoms with E-state index in [2.05, 4.69) is 24.8 Å². The van der Waals surface area contributed by atoms with E-state index in [9.17, 15) is 4.79 Å². The highest BCUT2D eigenvalue weighted by Crippen LogP contribution is 2.24. The summed E-state index contributed by atoms with van der Waals surface area (Å²) in [5.74, 6) is 0.432. The van der Waals surface area contributed by atoms with Crippen LogP contribution in [0.1, 0.15) is 18.5 Å². The zero-order valence-corrected chi connectivity index (χ0v) is 16.2. The predicted octanol–water partition coefficient (Wildman–Crippen LogP) is 2.31. The third-order valence-electron chi connectivity index (χ3n) is 5.96. The van der Waals surface area contributed by atoms with Gasteiger partial charge in [-0.2, -0.15) is 0 Å². The Balaban J connectivity index is 1.28. The molecule has 2 saturated heterocycles. The number of hydrogen-bond donors (Lipinski definition) is 0. The summed E-state index contributed by atoms with van der Waals surface area (Å²) >= 11 is 0. The molecule has 0 N–H and O–H groups in total. The molecule has 5 rings (SSSR count). The maximum absolute atomic E-state index is 12.8. The fraction of sp³-hybridized carbons (Fsp3) is 0.409. The van der Waals surface area contributed by atoms with E-state index in [1.165, 1.54) is 0 Å². The summed E-state index contributed by atoms with van der Waals surface area (Å²) in [7, 11) is 0. The molecule has 2 aliphatic heterocycles. The monoisotopic (exact) mass is 389 g/mol. The number of nitrogens with zero attached hydrogens (tertiary/aromatic N) is 5. The van der Waals surface area contributed by atoms with Gasteiger partial charge in [0, 0.05) is 48.2 Å². The molecule has 3 aromatic heterocycles. The fourth-order valence-electron chi connectivity index (χ4n) is 4.10. The van der Waals surface area contributed by atoms with E-state index in [0.29, 0.717) is 18.2 Å². The Kier molecular flexibility index (Phi) is 4.99. The summed E-state index contributed by atoms with van der Waals surface area (Å²) in [6, 6.07) is 4.54. The van der Waals surface area contributed by atoms with Gasteiger partial charge in [-0.1, -0.05) is 0 Å². The zero-order chi connectivity index (χ0) is 19.6. The quantitative estimate of drug-likeness (QED) is 0.662. The van der Waals surface area contributed by atoms with Gasteiger partial charge in [0.2, 0.25) is 0 Å². The highest BCUT2D eigenvalue weighted by Gasteiger charge is 2.31. The van der Waals surface area contributed by atoms with Crippen molar-refractivity contribution in [1.82, 2.24) is 24.8 Å². The summed E-state index contributed by atoms with van der Waals surface area (Å²) in [6.45, 7) is 3.65. The van der Waals surface area contributed by atoms with Crippen molar-refractivity contribution in [3.05, 3.63) is 48.8 Å². The van der Waals surface area contributed by atoms with Crippen LogP contribution in [0, 0.1) is 5.92 Å². The van der Waals surface area contributed by atoms with Gasteiger partial charge in [-0.3, -0.25) is 29.6 Å². The molecule has 0 aliphatic carbocycles. The number of piperidine rings is 1. The minimum Gasteiger partial charge on any atom is -0.378 e. The number of likely N-dealkylation sites (tertiary alicyclic amines) is 1. The number of ketones is 1. The van der Waals surface area contributed by atoms with Crippen LogP contribution >= 0.6 is 0 Å². The number of carbonyl (C=O) groups is 1. The van der Waals surface area contributed by atoms with Crippen LogP contribution in [0.5, 0.6) is 0 Å². The van der Waals surface area contributed by atoms with Crippen LogP contribution < -0.4 is 0 Å². The molecule has 7 nitrogen and oxygen atoms in total. The highest BCUT2D eigenvalue weighted by molar-refractivity contribution is 5.87. The molecule has 29 heavy (non-hydrogen) atoms. The van der Waals surface area contributed by atoms with Gasteiger partial charge in [-0.05, 0) is 43.5 Å². The number of carbonyl (C=O) groups excluding carboxylic acids is 1. The SMILES string of the molecule is O=C(Cc1cc2cc(-c3cnccn3)ncc2cn1)C1CCN(C2COC2)CC1. The van der Waals surface area contributed by atoms with Crippen LogP contribution in [-0.4, -0.2) is 63.0 Å². The average molecular weight is 389 g/mol. The van der Waals surface area contributed by atoms with Gasteiger partial charge >= 0.3 is 0 Å². The molecule has 7 heteroatoms. The fourth-order valence-corrected chi connectivity index (χ4v) is 4.10. The molecule has 0 spiro atoms. The second-order valence-electron chi connectivity index (χ2n) is 7.83. The number of ether oxygens (including phenoxy) is 1. The smallest absolute Gasteiger partial charge is 0.142 e. The van der Waals surface area contributed by atoms with Gasteiger partial charge in [0.05, 0.1) is 31.1 Å². The molecule has 2 fully saturated rings. The summed E-state index contributed by atoms with van der Waals surface area (Å²) in [4.78, 5) is 32.7. The van der Waals surface area contributed by atoms with Crippen molar-refractivity contribution >= 4 is 16.6 Å². The molecule has 0 saturated carbocycles. The lowest BCUT2D eigenvalue weighted by molar-refractivity contribution is -0.125. The third-order valence-corrected chi connectivity index (χ3v) is 5.96. The van der Waals surface area contributed by atoms with Crippen molar-refractivity contribution in [2.75, 3.05) is 26.3 Å². The first-order chi connectivity index (χ1) is 14.3. The van der Waals surface area contributed by atoms with Crippen LogP contribution in [-0.2, 0) is 16.0 Å². The van der Waals surface area contributed by atoms with Crippen molar-refractivity contribution in [2.45, 2.75) is 25.3 Å². The van der Waals surface area contributed by atoms with Crippen LogP contribution in [0.3, 0.4) is 0 Å². The van der Waals surface area contributed by atoms with E-state index < -0.39 is 0 Å². The second-order valence-corrected chi connectivity index (χ2v) is 7.83. The number of fused-ring (bicyclic) bond motifs is 1. The Hall–Kier alpha value is -2.77. The van der Waals surface area contributed by atoms with E-state index in [4.69, 9.17) is 4.74 Å². The molecule has 0 unspecified atom stereocenters. The van der Waals surface area contributed by atoms with Gasteiger partial charge < -0.3 is 4.74 Å². The maximum Gasteiger partial charge on any atom is 0.142 e. The molecular formula is C22H23N5O2. The Bertz CT molecular complexity index is 1010. The summed E-state index contributed by atoms with van der Waals surface area (Å²) in [5, 5.41) is 1.96. The standard InChI is InChI=1S/C22H23N5O2/c28-22(15-1-5-27(6-2-15)19-13-29-14-19)9-18-7-16-8-20(21-12-23-3-4-24-21)26-11-17(16)10-25-18/h3-4,7-8,10-12,15,19H,1-2,5-6,9,13-14H2. The highest BCUT2D eigenvalue weighted by atomic mass is 16.5. The van der Waals surface area contributed by atoms with Crippen molar-refractivity contribution in [3.63, 3.8) is 0 Å². The molecule has 3 aromatic rings. The molecule has 0 atom stereocenters. The average Bonchev–Trinajstić information content (AvgIpc) is 2.73. The first kappa shape index (κ1) is 18.3. The van der Waals surface area contributed by atoms with Gasteiger partial charge in [0.15, 0.2) is 0 Å². The van der Waals surface area contributed by atoms with Crippen molar-refractivity contribution in [1.29, 1.82) is 0 Å².